The van der Waals surface area contributed by atoms with Crippen LogP contribution in [0.25, 0.3) is 0 Å². The number of hydrogen-bond acceptors (Lipinski definition) is 3. The van der Waals surface area contributed by atoms with E-state index in [1.807, 2.05) is 0 Å². The molecular weight excluding hydrogens is 376 g/mol. The molecule has 4 heteroatoms. The fourth-order valence-electron chi connectivity index (χ4n) is 3.39. The lowest BCUT2D eigenvalue weighted by molar-refractivity contribution is -0.150. The molecule has 1 N–H and O–H groups in total. The highest BCUT2D eigenvalue weighted by molar-refractivity contribution is 5.69. The maximum Gasteiger partial charge on any atom is 0.306 e. The fraction of sp³-hybridized carbons (Fsp3) is 0.769. The van der Waals surface area contributed by atoms with Crippen LogP contribution in [0.1, 0.15) is 123 Å². The number of aliphatic carboxylic acids is 1. The van der Waals surface area contributed by atoms with Crippen LogP contribution in [0.15, 0.2) is 24.3 Å². The summed E-state index contributed by atoms with van der Waals surface area (Å²) in [6.45, 7) is 4.29. The molecule has 0 saturated carbocycles. The van der Waals surface area contributed by atoms with E-state index in [-0.39, 0.29) is 18.5 Å². The lowest BCUT2D eigenvalue weighted by Crippen LogP contribution is -2.18. The number of carbonyl (C=O) groups is 2. The third-order valence-corrected chi connectivity index (χ3v) is 5.16. The molecule has 174 valence electrons. The van der Waals surface area contributed by atoms with Crippen LogP contribution >= 0.6 is 0 Å². The normalized spacial score (nSPS) is 12.6. The lowest BCUT2D eigenvalue weighted by Gasteiger charge is -2.17. The molecule has 0 aromatic heterocycles. The zero-order chi connectivity index (χ0) is 22.3. The second-order valence-corrected chi connectivity index (χ2v) is 8.17. The van der Waals surface area contributed by atoms with Gasteiger partial charge in [-0.2, -0.15) is 0 Å². The second kappa shape index (κ2) is 22.1. The van der Waals surface area contributed by atoms with Gasteiger partial charge in [-0.05, 0) is 57.8 Å². The number of rotatable bonds is 21. The predicted molar refractivity (Wildman–Crippen MR) is 126 cm³/mol. The third kappa shape index (κ3) is 21.1. The fourth-order valence-corrected chi connectivity index (χ4v) is 3.39. The van der Waals surface area contributed by atoms with Crippen molar-refractivity contribution < 1.29 is 19.4 Å². The zero-order valence-corrected chi connectivity index (χ0v) is 19.6. The van der Waals surface area contributed by atoms with Crippen LogP contribution in [-0.2, 0) is 14.3 Å². The molecule has 30 heavy (non-hydrogen) atoms. The molecule has 0 aliphatic heterocycles. The molecule has 0 aromatic rings. The highest BCUT2D eigenvalue weighted by atomic mass is 16.5. The van der Waals surface area contributed by atoms with E-state index >= 15 is 0 Å². The van der Waals surface area contributed by atoms with Gasteiger partial charge in [0.15, 0.2) is 0 Å². The van der Waals surface area contributed by atoms with Gasteiger partial charge in [0.1, 0.15) is 6.10 Å². The van der Waals surface area contributed by atoms with Crippen LogP contribution < -0.4 is 0 Å². The summed E-state index contributed by atoms with van der Waals surface area (Å²) in [4.78, 5) is 22.6. The average Bonchev–Trinajstić information content (AvgIpc) is 2.70. The number of ether oxygens (including phenoxy) is 1. The van der Waals surface area contributed by atoms with Crippen LogP contribution in [0.5, 0.6) is 0 Å². The predicted octanol–water partition coefficient (Wildman–Crippen LogP) is 7.77. The molecule has 0 rings (SSSR count). The first-order valence-electron chi connectivity index (χ1n) is 12.3. The first-order chi connectivity index (χ1) is 14.6. The van der Waals surface area contributed by atoms with Crippen LogP contribution in [0, 0.1) is 0 Å². The first kappa shape index (κ1) is 28.4. The minimum absolute atomic E-state index is 0.125. The molecule has 4 nitrogen and oxygen atoms in total. The van der Waals surface area contributed by atoms with Crippen molar-refractivity contribution in [3.63, 3.8) is 0 Å². The smallest absolute Gasteiger partial charge is 0.306 e. The number of esters is 1. The Kier molecular flexibility index (Phi) is 20.9. The molecule has 0 saturated heterocycles. The van der Waals surface area contributed by atoms with Crippen molar-refractivity contribution in [2.75, 3.05) is 0 Å². The SMILES string of the molecule is CCCCC/C=C\C/C=C\CCCCCCCC(=O)OC(CCC)CCCC(=O)O. The third-order valence-electron chi connectivity index (χ3n) is 5.16. The van der Waals surface area contributed by atoms with Crippen molar-refractivity contribution in [3.05, 3.63) is 24.3 Å². The molecule has 0 aromatic carbocycles. The number of allylic oxidation sites excluding steroid dienone is 4. The van der Waals surface area contributed by atoms with E-state index in [0.717, 1.165) is 44.9 Å². The van der Waals surface area contributed by atoms with E-state index in [9.17, 15) is 9.59 Å². The molecular formula is C26H46O4. The molecule has 0 heterocycles. The van der Waals surface area contributed by atoms with E-state index in [2.05, 4.69) is 38.2 Å². The summed E-state index contributed by atoms with van der Waals surface area (Å²) in [7, 11) is 0. The van der Waals surface area contributed by atoms with Crippen molar-refractivity contribution in [1.82, 2.24) is 0 Å². The first-order valence-corrected chi connectivity index (χ1v) is 12.3. The van der Waals surface area contributed by atoms with Crippen molar-refractivity contribution in [2.24, 2.45) is 0 Å². The van der Waals surface area contributed by atoms with Gasteiger partial charge in [-0.3, -0.25) is 9.59 Å². The highest BCUT2D eigenvalue weighted by Gasteiger charge is 2.14. The van der Waals surface area contributed by atoms with Gasteiger partial charge in [0.2, 0.25) is 0 Å². The van der Waals surface area contributed by atoms with Crippen LogP contribution in [0.3, 0.4) is 0 Å². The molecule has 0 fully saturated rings. The van der Waals surface area contributed by atoms with E-state index in [1.165, 1.54) is 38.5 Å². The topological polar surface area (TPSA) is 63.6 Å². The van der Waals surface area contributed by atoms with Crippen molar-refractivity contribution in [3.8, 4) is 0 Å². The zero-order valence-electron chi connectivity index (χ0n) is 19.6. The summed E-state index contributed by atoms with van der Waals surface area (Å²) >= 11 is 0. The van der Waals surface area contributed by atoms with E-state index in [1.54, 1.807) is 0 Å². The molecule has 1 unspecified atom stereocenters. The number of unbranched alkanes of at least 4 members (excludes halogenated alkanes) is 8. The lowest BCUT2D eigenvalue weighted by atomic mass is 10.1. The van der Waals surface area contributed by atoms with Crippen LogP contribution in [0.4, 0.5) is 0 Å². The van der Waals surface area contributed by atoms with E-state index < -0.39 is 5.97 Å². The maximum atomic E-state index is 12.0. The Hall–Kier alpha value is -1.58. The van der Waals surface area contributed by atoms with Crippen LogP contribution in [-0.4, -0.2) is 23.1 Å². The molecule has 0 aliphatic rings. The summed E-state index contributed by atoms with van der Waals surface area (Å²) in [6.07, 6.45) is 25.4. The highest BCUT2D eigenvalue weighted by Crippen LogP contribution is 2.14. The summed E-state index contributed by atoms with van der Waals surface area (Å²) in [5.74, 6) is -0.920. The number of carbonyl (C=O) groups excluding carboxylic acids is 1. The van der Waals surface area contributed by atoms with Crippen LogP contribution in [0.2, 0.25) is 0 Å². The summed E-state index contributed by atoms with van der Waals surface area (Å²) in [5, 5.41) is 8.73. The summed E-state index contributed by atoms with van der Waals surface area (Å²) < 4.78 is 5.55. The maximum absolute atomic E-state index is 12.0. The van der Waals surface area contributed by atoms with Gasteiger partial charge in [-0.1, -0.05) is 76.7 Å². The molecule has 0 bridgehead atoms. The Morgan fingerprint density at radius 1 is 0.733 bits per heavy atom. The molecule has 0 amide bonds. The Balaban J connectivity index is 3.60. The van der Waals surface area contributed by atoms with Crippen molar-refractivity contribution >= 4 is 11.9 Å². The monoisotopic (exact) mass is 422 g/mol. The summed E-state index contributed by atoms with van der Waals surface area (Å²) in [5.41, 5.74) is 0. The van der Waals surface area contributed by atoms with Gasteiger partial charge in [-0.15, -0.1) is 0 Å². The van der Waals surface area contributed by atoms with Crippen molar-refractivity contribution in [2.45, 2.75) is 129 Å². The molecule has 0 radical (unpaired) electrons. The molecule has 1 atom stereocenters. The Morgan fingerprint density at radius 3 is 2.00 bits per heavy atom. The molecule has 0 aliphatic carbocycles. The number of hydrogen-bond donors (Lipinski definition) is 1. The van der Waals surface area contributed by atoms with Gasteiger partial charge in [0, 0.05) is 12.8 Å². The van der Waals surface area contributed by atoms with Gasteiger partial charge in [0.05, 0.1) is 0 Å². The average molecular weight is 423 g/mol. The van der Waals surface area contributed by atoms with Gasteiger partial charge in [0.25, 0.3) is 0 Å². The van der Waals surface area contributed by atoms with Crippen molar-refractivity contribution in [1.29, 1.82) is 0 Å². The largest absolute Gasteiger partial charge is 0.481 e. The number of carboxylic acid groups (broad SMARTS) is 1. The summed E-state index contributed by atoms with van der Waals surface area (Å²) in [6, 6.07) is 0. The van der Waals surface area contributed by atoms with Gasteiger partial charge < -0.3 is 9.84 Å². The van der Waals surface area contributed by atoms with Gasteiger partial charge >= 0.3 is 11.9 Å². The number of carboxylic acids is 1. The quantitative estimate of drug-likeness (QED) is 0.117. The Morgan fingerprint density at radius 2 is 1.37 bits per heavy atom. The standard InChI is InChI=1S/C26H46O4/c1-3-5-6-7-8-9-10-11-12-13-14-15-16-17-18-23-26(29)30-24(20-4-2)21-19-22-25(27)28/h8-9,11-12,24H,3-7,10,13-23H2,1-2H3,(H,27,28)/b9-8-,12-11-. The van der Waals surface area contributed by atoms with E-state index in [0.29, 0.717) is 19.3 Å². The minimum Gasteiger partial charge on any atom is -0.481 e. The second-order valence-electron chi connectivity index (χ2n) is 8.17. The van der Waals surface area contributed by atoms with E-state index in [4.69, 9.17) is 9.84 Å². The van der Waals surface area contributed by atoms with Gasteiger partial charge in [-0.25, -0.2) is 0 Å². The minimum atomic E-state index is -0.790. The Labute approximate surface area is 185 Å². The molecule has 0 spiro atoms. The Bertz CT molecular complexity index is 468.